The van der Waals surface area contributed by atoms with Gasteiger partial charge in [0.15, 0.2) is 0 Å². The number of ether oxygens (including phenoxy) is 1. The van der Waals surface area contributed by atoms with Crippen molar-refractivity contribution in [2.45, 2.75) is 19.0 Å². The van der Waals surface area contributed by atoms with Crippen LogP contribution in [0.15, 0.2) is 60.8 Å². The number of fused-ring (bicyclic) bond motifs is 2. The molecule has 4 nitrogen and oxygen atoms in total. The van der Waals surface area contributed by atoms with Gasteiger partial charge in [0.05, 0.1) is 13.0 Å². The molecule has 3 aromatic rings. The maximum atomic E-state index is 12.2. The van der Waals surface area contributed by atoms with Crippen LogP contribution in [0.3, 0.4) is 0 Å². The highest BCUT2D eigenvalue weighted by Gasteiger charge is 2.36. The van der Waals surface area contributed by atoms with Gasteiger partial charge < -0.3 is 9.30 Å². The first kappa shape index (κ1) is 17.3. The van der Waals surface area contributed by atoms with Crippen LogP contribution in [0.1, 0.15) is 16.7 Å². The second-order valence-electron chi connectivity index (χ2n) is 7.88. The van der Waals surface area contributed by atoms with Gasteiger partial charge in [0.25, 0.3) is 0 Å². The fraction of sp³-hybridized carbons (Fsp3) is 0.292. The molecule has 2 aromatic carbocycles. The van der Waals surface area contributed by atoms with Gasteiger partial charge in [-0.25, -0.2) is 0 Å². The highest BCUT2D eigenvalue weighted by atomic mass is 16.5. The van der Waals surface area contributed by atoms with Gasteiger partial charge in [-0.2, -0.15) is 0 Å². The third kappa shape index (κ3) is 2.68. The molecule has 2 heterocycles. The molecular formula is C24H24N2O2. The second kappa shape index (κ2) is 6.64. The Labute approximate surface area is 165 Å². The van der Waals surface area contributed by atoms with E-state index in [-0.39, 0.29) is 11.9 Å². The van der Waals surface area contributed by atoms with Crippen LogP contribution >= 0.6 is 0 Å². The molecule has 0 amide bonds. The zero-order valence-corrected chi connectivity index (χ0v) is 16.3. The number of carbonyl (C=O) groups excluding carboxylic acids is 1. The lowest BCUT2D eigenvalue weighted by Crippen LogP contribution is -2.44. The Balaban J connectivity index is 1.63. The van der Waals surface area contributed by atoms with Crippen molar-refractivity contribution in [3.05, 3.63) is 77.5 Å². The van der Waals surface area contributed by atoms with Crippen molar-refractivity contribution in [2.75, 3.05) is 20.7 Å². The molecule has 0 bridgehead atoms. The number of benzene rings is 2. The summed E-state index contributed by atoms with van der Waals surface area (Å²) in [5, 5.41) is 1.33. The van der Waals surface area contributed by atoms with Crippen LogP contribution in [-0.4, -0.2) is 42.2 Å². The smallest absolute Gasteiger partial charge is 0.313 e. The summed E-state index contributed by atoms with van der Waals surface area (Å²) in [5.74, 6) is -0.359. The van der Waals surface area contributed by atoms with Crippen LogP contribution in [-0.2, 0) is 22.5 Å². The fourth-order valence-corrected chi connectivity index (χ4v) is 4.84. The average Bonchev–Trinajstić information content (AvgIpc) is 3.07. The second-order valence-corrected chi connectivity index (χ2v) is 7.88. The molecule has 2 atom stereocenters. The lowest BCUT2D eigenvalue weighted by molar-refractivity contribution is -0.144. The molecule has 142 valence electrons. The molecule has 4 heteroatoms. The van der Waals surface area contributed by atoms with E-state index in [1.165, 1.54) is 40.3 Å². The quantitative estimate of drug-likeness (QED) is 0.657. The van der Waals surface area contributed by atoms with Gasteiger partial charge in [-0.05, 0) is 41.8 Å². The lowest BCUT2D eigenvalue weighted by atomic mass is 9.80. The molecular weight excluding hydrogens is 348 g/mol. The predicted molar refractivity (Wildman–Crippen MR) is 111 cm³/mol. The van der Waals surface area contributed by atoms with Crippen molar-refractivity contribution >= 4 is 22.4 Å². The predicted octanol–water partition coefficient (Wildman–Crippen LogP) is 3.73. The molecule has 0 unspecified atom stereocenters. The largest absolute Gasteiger partial charge is 0.469 e. The SMILES string of the molecule is COC(=O)[C@@H]1C=C2c3cccc4c3c(cn4Cc3ccccc3)C[C@H]2N(C)C1. The van der Waals surface area contributed by atoms with E-state index in [1.807, 2.05) is 0 Å². The normalized spacial score (nSPS) is 21.3. The van der Waals surface area contributed by atoms with Crippen molar-refractivity contribution in [1.29, 1.82) is 0 Å². The standard InChI is InChI=1S/C24H24N2O2/c1-25-14-18(24(27)28-2)11-20-19-9-6-10-21-23(19)17(12-22(20)25)15-26(21)13-16-7-4-3-5-8-16/h3-11,15,18,22H,12-14H2,1-2H3/t18-,22-/m1/s1. The van der Waals surface area contributed by atoms with Gasteiger partial charge in [0.2, 0.25) is 0 Å². The van der Waals surface area contributed by atoms with Crippen LogP contribution in [0.2, 0.25) is 0 Å². The average molecular weight is 372 g/mol. The van der Waals surface area contributed by atoms with Crippen molar-refractivity contribution in [3.8, 4) is 0 Å². The molecule has 2 aliphatic rings. The topological polar surface area (TPSA) is 34.5 Å². The van der Waals surface area contributed by atoms with Gasteiger partial charge >= 0.3 is 5.97 Å². The summed E-state index contributed by atoms with van der Waals surface area (Å²) in [6.07, 6.45) is 5.44. The zero-order chi connectivity index (χ0) is 19.3. The summed E-state index contributed by atoms with van der Waals surface area (Å²) < 4.78 is 7.38. The van der Waals surface area contributed by atoms with Gasteiger partial charge in [-0.1, -0.05) is 48.5 Å². The van der Waals surface area contributed by atoms with Crippen molar-refractivity contribution in [2.24, 2.45) is 5.92 Å². The van der Waals surface area contributed by atoms with Crippen LogP contribution in [0.4, 0.5) is 0 Å². The summed E-state index contributed by atoms with van der Waals surface area (Å²) in [4.78, 5) is 14.5. The van der Waals surface area contributed by atoms with E-state index in [9.17, 15) is 4.79 Å². The molecule has 0 N–H and O–H groups in total. The number of hydrogen-bond acceptors (Lipinski definition) is 3. The molecule has 1 aromatic heterocycles. The van der Waals surface area contributed by atoms with E-state index in [0.717, 1.165) is 13.0 Å². The van der Waals surface area contributed by atoms with Gasteiger partial charge in [0, 0.05) is 36.2 Å². The highest BCUT2D eigenvalue weighted by Crippen LogP contribution is 2.41. The number of carbonyl (C=O) groups is 1. The lowest BCUT2D eigenvalue weighted by Gasteiger charge is -2.39. The van der Waals surface area contributed by atoms with Crippen LogP contribution in [0.25, 0.3) is 16.5 Å². The van der Waals surface area contributed by atoms with Crippen LogP contribution < -0.4 is 0 Å². The number of esters is 1. The maximum Gasteiger partial charge on any atom is 0.313 e. The minimum absolute atomic E-state index is 0.155. The number of likely N-dealkylation sites (N-methyl/N-ethyl adjacent to an activating group) is 1. The number of methoxy groups -OCH3 is 1. The summed E-state index contributed by atoms with van der Waals surface area (Å²) in [5.41, 5.74) is 6.48. The first-order valence-electron chi connectivity index (χ1n) is 9.80. The van der Waals surface area contributed by atoms with E-state index in [1.54, 1.807) is 0 Å². The highest BCUT2D eigenvalue weighted by molar-refractivity contribution is 5.99. The number of hydrogen-bond donors (Lipinski definition) is 0. The van der Waals surface area contributed by atoms with Crippen LogP contribution in [0.5, 0.6) is 0 Å². The minimum atomic E-state index is -0.204. The van der Waals surface area contributed by atoms with E-state index >= 15 is 0 Å². The zero-order valence-electron chi connectivity index (χ0n) is 16.3. The van der Waals surface area contributed by atoms with Gasteiger partial charge in [-0.15, -0.1) is 0 Å². The molecule has 0 fully saturated rings. The molecule has 0 saturated carbocycles. The van der Waals surface area contributed by atoms with Crippen molar-refractivity contribution in [1.82, 2.24) is 9.47 Å². The Morgan fingerprint density at radius 3 is 2.75 bits per heavy atom. The molecule has 1 aliphatic carbocycles. The van der Waals surface area contributed by atoms with Crippen molar-refractivity contribution in [3.63, 3.8) is 0 Å². The molecule has 0 saturated heterocycles. The summed E-state index contributed by atoms with van der Waals surface area (Å²) in [7, 11) is 3.58. The molecule has 0 spiro atoms. The Morgan fingerprint density at radius 2 is 1.96 bits per heavy atom. The number of aromatic nitrogens is 1. The molecule has 1 aliphatic heterocycles. The van der Waals surface area contributed by atoms with Crippen molar-refractivity contribution < 1.29 is 9.53 Å². The van der Waals surface area contributed by atoms with E-state index in [0.29, 0.717) is 12.6 Å². The van der Waals surface area contributed by atoms with Gasteiger partial charge in [0.1, 0.15) is 0 Å². The monoisotopic (exact) mass is 372 g/mol. The Hall–Kier alpha value is -2.85. The first-order chi connectivity index (χ1) is 13.7. The minimum Gasteiger partial charge on any atom is -0.469 e. The Kier molecular flexibility index (Phi) is 4.09. The first-order valence-corrected chi connectivity index (χ1v) is 9.80. The summed E-state index contributed by atoms with van der Waals surface area (Å²) >= 11 is 0. The summed E-state index contributed by atoms with van der Waals surface area (Å²) in [6.45, 7) is 1.57. The van der Waals surface area contributed by atoms with E-state index in [4.69, 9.17) is 4.74 Å². The molecule has 28 heavy (non-hydrogen) atoms. The van der Waals surface area contributed by atoms with E-state index < -0.39 is 0 Å². The Morgan fingerprint density at radius 1 is 1.14 bits per heavy atom. The van der Waals surface area contributed by atoms with Crippen LogP contribution in [0, 0.1) is 5.92 Å². The molecule has 5 rings (SSSR count). The summed E-state index contributed by atoms with van der Waals surface area (Å²) in [6, 6.07) is 17.4. The number of nitrogens with zero attached hydrogens (tertiary/aromatic N) is 2. The maximum absolute atomic E-state index is 12.2. The fourth-order valence-electron chi connectivity index (χ4n) is 4.84. The third-order valence-corrected chi connectivity index (χ3v) is 6.17. The Bertz CT molecular complexity index is 1080. The van der Waals surface area contributed by atoms with E-state index in [2.05, 4.69) is 77.3 Å². The number of rotatable bonds is 3. The van der Waals surface area contributed by atoms with Gasteiger partial charge in [-0.3, -0.25) is 9.69 Å². The molecule has 0 radical (unpaired) electrons. The third-order valence-electron chi connectivity index (χ3n) is 6.17.